The van der Waals surface area contributed by atoms with Crippen molar-refractivity contribution in [3.05, 3.63) is 18.2 Å². The van der Waals surface area contributed by atoms with Gasteiger partial charge in [0.1, 0.15) is 0 Å². The second-order valence-electron chi connectivity index (χ2n) is 2.24. The van der Waals surface area contributed by atoms with Crippen LogP contribution in [0.3, 0.4) is 0 Å². The number of phenolic OH excluding ortho intramolecular Hbond substituents is 1. The number of hydrogen-bond acceptors (Lipinski definition) is 4. The molecule has 12 heavy (non-hydrogen) atoms. The van der Waals surface area contributed by atoms with Crippen molar-refractivity contribution < 1.29 is 14.6 Å². The predicted octanol–water partition coefficient (Wildman–Crippen LogP) is 0.957. The van der Waals surface area contributed by atoms with Gasteiger partial charge in [0.05, 0.1) is 5.69 Å². The number of benzene rings is 1. The zero-order chi connectivity index (χ0) is 8.97. The number of phenols is 1. The molecule has 0 amide bonds. The molecule has 0 aliphatic carbocycles. The van der Waals surface area contributed by atoms with Crippen molar-refractivity contribution in [1.82, 2.24) is 0 Å². The van der Waals surface area contributed by atoms with Crippen LogP contribution in [0.25, 0.3) is 0 Å². The molecule has 0 aromatic heterocycles. The lowest BCUT2D eigenvalue weighted by Crippen LogP contribution is -1.99. The van der Waals surface area contributed by atoms with Gasteiger partial charge in [-0.05, 0) is 12.1 Å². The van der Waals surface area contributed by atoms with E-state index in [1.54, 1.807) is 18.2 Å². The van der Waals surface area contributed by atoms with E-state index in [2.05, 4.69) is 4.74 Å². The first-order valence-electron chi connectivity index (χ1n) is 3.45. The molecule has 0 bridgehead atoms. The van der Waals surface area contributed by atoms with E-state index in [1.807, 2.05) is 0 Å². The Morgan fingerprint density at radius 1 is 1.50 bits per heavy atom. The fourth-order valence-electron chi connectivity index (χ4n) is 0.778. The third-order valence-corrected chi connectivity index (χ3v) is 1.36. The second kappa shape index (κ2) is 3.82. The molecule has 66 valence electrons. The molecule has 1 rings (SSSR count). The minimum Gasteiger partial charge on any atom is -0.503 e. The summed E-state index contributed by atoms with van der Waals surface area (Å²) in [5.41, 5.74) is 5.72. The van der Waals surface area contributed by atoms with Crippen LogP contribution in [0.5, 0.6) is 11.5 Å². The Kier molecular flexibility index (Phi) is 2.76. The third kappa shape index (κ3) is 1.79. The Morgan fingerprint density at radius 2 is 2.25 bits per heavy atom. The highest BCUT2D eigenvalue weighted by atomic mass is 16.7. The summed E-state index contributed by atoms with van der Waals surface area (Å²) in [7, 11) is 1.50. The van der Waals surface area contributed by atoms with Crippen molar-refractivity contribution in [3.8, 4) is 11.5 Å². The summed E-state index contributed by atoms with van der Waals surface area (Å²) in [5.74, 6) is 0.284. The Morgan fingerprint density at radius 3 is 2.92 bits per heavy atom. The Hall–Kier alpha value is -1.42. The molecule has 0 aliphatic rings. The van der Waals surface area contributed by atoms with Gasteiger partial charge in [-0.1, -0.05) is 6.07 Å². The molecular weight excluding hydrogens is 158 g/mol. The van der Waals surface area contributed by atoms with E-state index in [0.29, 0.717) is 11.4 Å². The lowest BCUT2D eigenvalue weighted by atomic mass is 10.3. The molecule has 0 saturated heterocycles. The maximum Gasteiger partial charge on any atom is 0.188 e. The van der Waals surface area contributed by atoms with Gasteiger partial charge >= 0.3 is 0 Å². The quantitative estimate of drug-likeness (QED) is 0.402. The summed E-state index contributed by atoms with van der Waals surface area (Å²) >= 11 is 0. The molecule has 0 atom stereocenters. The van der Waals surface area contributed by atoms with Crippen molar-refractivity contribution in [3.63, 3.8) is 0 Å². The third-order valence-electron chi connectivity index (χ3n) is 1.36. The number of rotatable bonds is 3. The average Bonchev–Trinajstić information content (AvgIpc) is 2.08. The van der Waals surface area contributed by atoms with Gasteiger partial charge < -0.3 is 20.3 Å². The van der Waals surface area contributed by atoms with Gasteiger partial charge in [0.15, 0.2) is 18.3 Å². The minimum absolute atomic E-state index is 0.0467. The molecule has 0 unspecified atom stereocenters. The first-order chi connectivity index (χ1) is 5.75. The van der Waals surface area contributed by atoms with Gasteiger partial charge in [0.2, 0.25) is 0 Å². The van der Waals surface area contributed by atoms with Crippen molar-refractivity contribution in [1.29, 1.82) is 0 Å². The number of hydrogen-bond donors (Lipinski definition) is 2. The van der Waals surface area contributed by atoms with Crippen molar-refractivity contribution in [2.45, 2.75) is 0 Å². The van der Waals surface area contributed by atoms with Crippen LogP contribution in [-0.4, -0.2) is 19.0 Å². The maximum absolute atomic E-state index is 9.32. The molecule has 0 saturated carbocycles. The summed E-state index contributed by atoms with van der Waals surface area (Å²) in [6.45, 7) is 0.0943. The number of nitrogen functional groups attached to an aromatic ring is 1. The van der Waals surface area contributed by atoms with Crippen LogP contribution in [0.1, 0.15) is 0 Å². The second-order valence-corrected chi connectivity index (χ2v) is 2.24. The lowest BCUT2D eigenvalue weighted by molar-refractivity contribution is 0.0493. The Labute approximate surface area is 70.5 Å². The molecule has 0 heterocycles. The maximum atomic E-state index is 9.32. The number of methoxy groups -OCH3 is 1. The molecule has 0 radical (unpaired) electrons. The molecular formula is C8H11NO3. The molecule has 0 fully saturated rings. The van der Waals surface area contributed by atoms with Crippen molar-refractivity contribution in [2.24, 2.45) is 0 Å². The van der Waals surface area contributed by atoms with E-state index in [-0.39, 0.29) is 12.5 Å². The SMILES string of the molecule is COCOc1cccc(N)c1O. The van der Waals surface area contributed by atoms with E-state index in [9.17, 15) is 5.11 Å². The van der Waals surface area contributed by atoms with E-state index < -0.39 is 0 Å². The van der Waals surface area contributed by atoms with E-state index in [1.165, 1.54) is 7.11 Å². The van der Waals surface area contributed by atoms with Gasteiger partial charge in [-0.15, -0.1) is 0 Å². The molecule has 4 nitrogen and oxygen atoms in total. The summed E-state index contributed by atoms with van der Waals surface area (Å²) in [4.78, 5) is 0. The zero-order valence-electron chi connectivity index (χ0n) is 6.78. The van der Waals surface area contributed by atoms with Gasteiger partial charge in [0, 0.05) is 7.11 Å². The van der Waals surface area contributed by atoms with Crippen LogP contribution < -0.4 is 10.5 Å². The van der Waals surface area contributed by atoms with Crippen LogP contribution in [0.15, 0.2) is 18.2 Å². The van der Waals surface area contributed by atoms with Crippen LogP contribution in [0.4, 0.5) is 5.69 Å². The summed E-state index contributed by atoms with van der Waals surface area (Å²) in [5, 5.41) is 9.32. The number of nitrogens with two attached hydrogens (primary N) is 1. The van der Waals surface area contributed by atoms with Crippen molar-refractivity contribution >= 4 is 5.69 Å². The minimum atomic E-state index is -0.0467. The monoisotopic (exact) mass is 169 g/mol. The lowest BCUT2D eigenvalue weighted by Gasteiger charge is -2.07. The highest BCUT2D eigenvalue weighted by molar-refractivity contribution is 5.58. The predicted molar refractivity (Wildman–Crippen MR) is 45.0 cm³/mol. The zero-order valence-corrected chi connectivity index (χ0v) is 6.78. The largest absolute Gasteiger partial charge is 0.503 e. The van der Waals surface area contributed by atoms with Gasteiger partial charge in [-0.2, -0.15) is 0 Å². The summed E-state index contributed by atoms with van der Waals surface area (Å²) in [6, 6.07) is 4.90. The van der Waals surface area contributed by atoms with E-state index in [0.717, 1.165) is 0 Å². The number of anilines is 1. The smallest absolute Gasteiger partial charge is 0.188 e. The van der Waals surface area contributed by atoms with E-state index >= 15 is 0 Å². The highest BCUT2D eigenvalue weighted by Crippen LogP contribution is 2.31. The molecule has 3 N–H and O–H groups in total. The summed E-state index contributed by atoms with van der Waals surface area (Å²) in [6.07, 6.45) is 0. The Balaban J connectivity index is 2.78. The molecule has 1 aromatic carbocycles. The van der Waals surface area contributed by atoms with Crippen LogP contribution in [-0.2, 0) is 4.74 Å². The van der Waals surface area contributed by atoms with Gasteiger partial charge in [-0.25, -0.2) is 0 Å². The molecule has 4 heteroatoms. The number of ether oxygens (including phenoxy) is 2. The fourth-order valence-corrected chi connectivity index (χ4v) is 0.778. The first kappa shape index (κ1) is 8.67. The summed E-state index contributed by atoms with van der Waals surface area (Å²) < 4.78 is 9.68. The number of aromatic hydroxyl groups is 1. The molecule has 1 aromatic rings. The Bertz CT molecular complexity index is 262. The highest BCUT2D eigenvalue weighted by Gasteiger charge is 2.03. The standard InChI is InChI=1S/C8H11NO3/c1-11-5-12-7-4-2-3-6(9)8(7)10/h2-4,10H,5,9H2,1H3. The topological polar surface area (TPSA) is 64.7 Å². The fraction of sp³-hybridized carbons (Fsp3) is 0.250. The van der Waals surface area contributed by atoms with Gasteiger partial charge in [0.25, 0.3) is 0 Å². The number of para-hydroxylation sites is 1. The van der Waals surface area contributed by atoms with Crippen LogP contribution in [0.2, 0.25) is 0 Å². The first-order valence-corrected chi connectivity index (χ1v) is 3.45. The average molecular weight is 169 g/mol. The van der Waals surface area contributed by atoms with Crippen LogP contribution in [0, 0.1) is 0 Å². The molecule has 0 spiro atoms. The van der Waals surface area contributed by atoms with Gasteiger partial charge in [-0.3, -0.25) is 0 Å². The molecule has 0 aliphatic heterocycles. The van der Waals surface area contributed by atoms with Crippen LogP contribution >= 0.6 is 0 Å². The normalized spacial score (nSPS) is 9.75. The van der Waals surface area contributed by atoms with E-state index in [4.69, 9.17) is 10.5 Å². The van der Waals surface area contributed by atoms with Crippen molar-refractivity contribution in [2.75, 3.05) is 19.6 Å².